The molecular formula is C21H26O4. The maximum absolute atomic E-state index is 12.0. The predicted octanol–water partition coefficient (Wildman–Crippen LogP) is 4.58. The van der Waals surface area contributed by atoms with Gasteiger partial charge in [-0.05, 0) is 55.2 Å². The van der Waals surface area contributed by atoms with Crippen molar-refractivity contribution in [3.05, 3.63) is 53.6 Å². The zero-order chi connectivity index (χ0) is 18.1. The second-order valence-electron chi connectivity index (χ2n) is 5.79. The first kappa shape index (κ1) is 18.8. The van der Waals surface area contributed by atoms with E-state index in [4.69, 9.17) is 14.2 Å². The molecule has 0 unspecified atom stereocenters. The molecule has 0 bridgehead atoms. The Morgan fingerprint density at radius 3 is 2.28 bits per heavy atom. The first-order chi connectivity index (χ1) is 12.2. The molecule has 0 radical (unpaired) electrons. The number of esters is 1. The number of carbonyl (C=O) groups is 1. The monoisotopic (exact) mass is 342 g/mol. The van der Waals surface area contributed by atoms with Gasteiger partial charge in [-0.3, -0.25) is 4.79 Å². The van der Waals surface area contributed by atoms with Crippen LogP contribution in [0.2, 0.25) is 0 Å². The minimum atomic E-state index is -0.240. The molecule has 4 nitrogen and oxygen atoms in total. The van der Waals surface area contributed by atoms with Crippen LogP contribution in [0, 0.1) is 0 Å². The highest BCUT2D eigenvalue weighted by Crippen LogP contribution is 2.28. The van der Waals surface area contributed by atoms with E-state index in [1.807, 2.05) is 49.4 Å². The van der Waals surface area contributed by atoms with Crippen LogP contribution in [0.5, 0.6) is 17.2 Å². The summed E-state index contributed by atoms with van der Waals surface area (Å²) >= 11 is 0. The fraction of sp³-hybridized carbons (Fsp3) is 0.381. The van der Waals surface area contributed by atoms with Crippen molar-refractivity contribution in [1.29, 1.82) is 0 Å². The van der Waals surface area contributed by atoms with Gasteiger partial charge < -0.3 is 14.2 Å². The van der Waals surface area contributed by atoms with Crippen LogP contribution in [-0.2, 0) is 17.6 Å². The molecule has 0 aromatic heterocycles. The highest BCUT2D eigenvalue weighted by atomic mass is 16.5. The topological polar surface area (TPSA) is 44.8 Å². The number of hydrogen-bond donors (Lipinski definition) is 0. The van der Waals surface area contributed by atoms with Crippen LogP contribution in [-0.4, -0.2) is 19.7 Å². The van der Waals surface area contributed by atoms with Crippen molar-refractivity contribution in [2.45, 2.75) is 39.5 Å². The number of hydrogen-bond acceptors (Lipinski definition) is 4. The van der Waals surface area contributed by atoms with Gasteiger partial charge in [0.15, 0.2) is 11.5 Å². The first-order valence-corrected chi connectivity index (χ1v) is 8.75. The van der Waals surface area contributed by atoms with E-state index in [1.165, 1.54) is 5.56 Å². The smallest absolute Gasteiger partial charge is 0.311 e. The highest BCUT2D eigenvalue weighted by Gasteiger charge is 2.09. The summed E-state index contributed by atoms with van der Waals surface area (Å²) in [5.74, 6) is 1.74. The SMILES string of the molecule is CCCc1ccc(OC(=O)CCc2ccc(OCC)c(OC)c2)cc1. The summed E-state index contributed by atoms with van der Waals surface area (Å²) in [6.07, 6.45) is 3.04. The molecule has 0 spiro atoms. The second kappa shape index (κ2) is 9.72. The summed E-state index contributed by atoms with van der Waals surface area (Å²) in [4.78, 5) is 12.0. The Morgan fingerprint density at radius 2 is 1.64 bits per heavy atom. The molecule has 134 valence electrons. The summed E-state index contributed by atoms with van der Waals surface area (Å²) in [7, 11) is 1.61. The van der Waals surface area contributed by atoms with E-state index in [-0.39, 0.29) is 5.97 Å². The molecule has 4 heteroatoms. The largest absolute Gasteiger partial charge is 0.493 e. The molecule has 0 saturated carbocycles. The maximum atomic E-state index is 12.0. The van der Waals surface area contributed by atoms with Gasteiger partial charge in [0, 0.05) is 6.42 Å². The van der Waals surface area contributed by atoms with E-state index in [2.05, 4.69) is 6.92 Å². The zero-order valence-electron chi connectivity index (χ0n) is 15.2. The number of rotatable bonds is 9. The molecule has 0 amide bonds. The minimum absolute atomic E-state index is 0.240. The molecule has 0 aliphatic carbocycles. The molecule has 0 saturated heterocycles. The fourth-order valence-electron chi connectivity index (χ4n) is 2.58. The van der Waals surface area contributed by atoms with Gasteiger partial charge in [-0.25, -0.2) is 0 Å². The van der Waals surface area contributed by atoms with E-state index < -0.39 is 0 Å². The van der Waals surface area contributed by atoms with Gasteiger partial charge in [-0.2, -0.15) is 0 Å². The van der Waals surface area contributed by atoms with Crippen molar-refractivity contribution in [1.82, 2.24) is 0 Å². The Balaban J connectivity index is 1.89. The molecule has 0 atom stereocenters. The van der Waals surface area contributed by atoms with Crippen molar-refractivity contribution in [3.63, 3.8) is 0 Å². The Hall–Kier alpha value is -2.49. The van der Waals surface area contributed by atoms with Crippen molar-refractivity contribution in [3.8, 4) is 17.2 Å². The summed E-state index contributed by atoms with van der Waals surface area (Å²) in [6, 6.07) is 13.4. The van der Waals surface area contributed by atoms with Gasteiger partial charge in [-0.1, -0.05) is 31.5 Å². The van der Waals surface area contributed by atoms with Gasteiger partial charge in [0.05, 0.1) is 13.7 Å². The Morgan fingerprint density at radius 1 is 0.920 bits per heavy atom. The third-order valence-electron chi connectivity index (χ3n) is 3.84. The third kappa shape index (κ3) is 5.82. The van der Waals surface area contributed by atoms with E-state index in [0.29, 0.717) is 36.7 Å². The van der Waals surface area contributed by atoms with Crippen LogP contribution in [0.15, 0.2) is 42.5 Å². The van der Waals surface area contributed by atoms with Crippen LogP contribution < -0.4 is 14.2 Å². The fourth-order valence-corrected chi connectivity index (χ4v) is 2.58. The Kier molecular flexibility index (Phi) is 7.33. The van der Waals surface area contributed by atoms with Gasteiger partial charge in [0.25, 0.3) is 0 Å². The van der Waals surface area contributed by atoms with Crippen LogP contribution in [0.1, 0.15) is 37.8 Å². The molecule has 0 N–H and O–H groups in total. The average molecular weight is 342 g/mol. The summed E-state index contributed by atoms with van der Waals surface area (Å²) in [5, 5.41) is 0. The van der Waals surface area contributed by atoms with Crippen LogP contribution in [0.3, 0.4) is 0 Å². The summed E-state index contributed by atoms with van der Waals surface area (Å²) in [6.45, 7) is 4.65. The lowest BCUT2D eigenvalue weighted by molar-refractivity contribution is -0.134. The van der Waals surface area contributed by atoms with Crippen LogP contribution in [0.25, 0.3) is 0 Å². The molecule has 0 fully saturated rings. The van der Waals surface area contributed by atoms with Gasteiger partial charge in [0.2, 0.25) is 0 Å². The van der Waals surface area contributed by atoms with Gasteiger partial charge >= 0.3 is 5.97 Å². The molecule has 25 heavy (non-hydrogen) atoms. The molecule has 0 aliphatic heterocycles. The molecule has 0 heterocycles. The lowest BCUT2D eigenvalue weighted by atomic mass is 10.1. The molecule has 0 aliphatic rings. The standard InChI is InChI=1S/C21H26O4/c1-4-6-16-7-11-18(12-8-16)25-21(22)14-10-17-9-13-19(24-5-2)20(15-17)23-3/h7-9,11-13,15H,4-6,10,14H2,1-3H3. The zero-order valence-corrected chi connectivity index (χ0v) is 15.2. The number of carbonyl (C=O) groups excluding carboxylic acids is 1. The third-order valence-corrected chi connectivity index (χ3v) is 3.84. The summed E-state index contributed by atoms with van der Waals surface area (Å²) < 4.78 is 16.2. The number of methoxy groups -OCH3 is 1. The number of ether oxygens (including phenoxy) is 3. The van der Waals surface area contributed by atoms with E-state index in [1.54, 1.807) is 7.11 Å². The predicted molar refractivity (Wildman–Crippen MR) is 98.6 cm³/mol. The van der Waals surface area contributed by atoms with Crippen LogP contribution >= 0.6 is 0 Å². The molecule has 2 rings (SSSR count). The summed E-state index contributed by atoms with van der Waals surface area (Å²) in [5.41, 5.74) is 2.26. The highest BCUT2D eigenvalue weighted by molar-refractivity contribution is 5.72. The van der Waals surface area contributed by atoms with Crippen molar-refractivity contribution in [2.75, 3.05) is 13.7 Å². The van der Waals surface area contributed by atoms with Crippen molar-refractivity contribution in [2.24, 2.45) is 0 Å². The van der Waals surface area contributed by atoms with E-state index >= 15 is 0 Å². The molecule has 2 aromatic rings. The van der Waals surface area contributed by atoms with E-state index in [9.17, 15) is 4.79 Å². The number of benzene rings is 2. The Bertz CT molecular complexity index is 677. The van der Waals surface area contributed by atoms with Crippen molar-refractivity contribution < 1.29 is 19.0 Å². The molecule has 2 aromatic carbocycles. The quantitative estimate of drug-likeness (QED) is 0.494. The number of aryl methyl sites for hydroxylation is 2. The van der Waals surface area contributed by atoms with Gasteiger partial charge in [-0.15, -0.1) is 0 Å². The normalized spacial score (nSPS) is 10.4. The lowest BCUT2D eigenvalue weighted by Gasteiger charge is -2.11. The lowest BCUT2D eigenvalue weighted by Crippen LogP contribution is -2.09. The molecular weight excluding hydrogens is 316 g/mol. The van der Waals surface area contributed by atoms with E-state index in [0.717, 1.165) is 18.4 Å². The van der Waals surface area contributed by atoms with Crippen molar-refractivity contribution >= 4 is 5.97 Å². The van der Waals surface area contributed by atoms with Crippen LogP contribution in [0.4, 0.5) is 0 Å². The van der Waals surface area contributed by atoms with Gasteiger partial charge in [0.1, 0.15) is 5.75 Å². The first-order valence-electron chi connectivity index (χ1n) is 8.75. The Labute approximate surface area is 149 Å². The minimum Gasteiger partial charge on any atom is -0.493 e. The maximum Gasteiger partial charge on any atom is 0.311 e. The second-order valence-corrected chi connectivity index (χ2v) is 5.79. The average Bonchev–Trinajstić information content (AvgIpc) is 2.63.